The largest absolute Gasteiger partial charge is 0.340 e. The van der Waals surface area contributed by atoms with Crippen LogP contribution in [0.4, 0.5) is 0 Å². The molecule has 2 N–H and O–H groups in total. The lowest BCUT2D eigenvalue weighted by Gasteiger charge is -2.26. The second-order valence-electron chi connectivity index (χ2n) is 4.24. The van der Waals surface area contributed by atoms with Crippen LogP contribution in [0.2, 0.25) is 0 Å². The molecule has 1 amide bonds. The standard InChI is InChI=1S/C11H23N3O.2ClH/c1-4-13(5-2)10-6-7-14(8-10)11(15)9(3)12;;/h9-10H,4-8,12H2,1-3H3;2*1H/t9-,10?;;/m1../s1. The van der Waals surface area contributed by atoms with Crippen molar-refractivity contribution in [3.05, 3.63) is 0 Å². The van der Waals surface area contributed by atoms with Gasteiger partial charge in [-0.3, -0.25) is 9.69 Å². The minimum Gasteiger partial charge on any atom is -0.340 e. The minimum absolute atomic E-state index is 0. The normalized spacial score (nSPS) is 20.8. The van der Waals surface area contributed by atoms with Crippen LogP contribution in [0.3, 0.4) is 0 Å². The summed E-state index contributed by atoms with van der Waals surface area (Å²) in [6.45, 7) is 9.92. The summed E-state index contributed by atoms with van der Waals surface area (Å²) in [7, 11) is 0. The number of likely N-dealkylation sites (N-methyl/N-ethyl adjacent to an activating group) is 1. The van der Waals surface area contributed by atoms with Crippen LogP contribution in [0, 0.1) is 0 Å². The third-order valence-corrected chi connectivity index (χ3v) is 3.19. The van der Waals surface area contributed by atoms with Crippen molar-refractivity contribution in [3.8, 4) is 0 Å². The molecule has 2 atom stereocenters. The third-order valence-electron chi connectivity index (χ3n) is 3.19. The van der Waals surface area contributed by atoms with Crippen LogP contribution >= 0.6 is 24.8 Å². The Labute approximate surface area is 117 Å². The molecule has 0 aromatic carbocycles. The smallest absolute Gasteiger partial charge is 0.239 e. The fraction of sp³-hybridized carbons (Fsp3) is 0.909. The van der Waals surface area contributed by atoms with Crippen molar-refractivity contribution in [3.63, 3.8) is 0 Å². The summed E-state index contributed by atoms with van der Waals surface area (Å²) in [5.74, 6) is 0.0876. The number of halogens is 2. The van der Waals surface area contributed by atoms with Crippen LogP contribution in [0.1, 0.15) is 27.2 Å². The summed E-state index contributed by atoms with van der Waals surface area (Å²) in [5.41, 5.74) is 5.60. The maximum Gasteiger partial charge on any atom is 0.239 e. The molecular weight excluding hydrogens is 261 g/mol. The first kappa shape index (κ1) is 19.3. The highest BCUT2D eigenvalue weighted by Gasteiger charge is 2.29. The maximum atomic E-state index is 11.7. The first-order chi connectivity index (χ1) is 7.10. The predicted octanol–water partition coefficient (Wildman–Crippen LogP) is 1.12. The van der Waals surface area contributed by atoms with E-state index in [1.807, 2.05) is 4.90 Å². The molecule has 0 bridgehead atoms. The number of carbonyl (C=O) groups is 1. The number of likely N-dealkylation sites (tertiary alicyclic amines) is 1. The SMILES string of the molecule is CCN(CC)C1CCN(C(=O)[C@@H](C)N)C1.Cl.Cl. The molecule has 0 spiro atoms. The van der Waals surface area contributed by atoms with Gasteiger partial charge < -0.3 is 10.6 Å². The minimum atomic E-state index is -0.361. The lowest BCUT2D eigenvalue weighted by molar-refractivity contribution is -0.131. The summed E-state index contributed by atoms with van der Waals surface area (Å²) < 4.78 is 0. The van der Waals surface area contributed by atoms with E-state index in [1.165, 1.54) is 0 Å². The van der Waals surface area contributed by atoms with E-state index in [4.69, 9.17) is 5.73 Å². The number of carbonyl (C=O) groups excluding carboxylic acids is 1. The van der Waals surface area contributed by atoms with E-state index >= 15 is 0 Å². The Kier molecular flexibility index (Phi) is 10.2. The van der Waals surface area contributed by atoms with E-state index in [-0.39, 0.29) is 36.8 Å². The van der Waals surface area contributed by atoms with Crippen molar-refractivity contribution in [1.82, 2.24) is 9.80 Å². The zero-order chi connectivity index (χ0) is 11.4. The molecule has 4 nitrogen and oxygen atoms in total. The lowest BCUT2D eigenvalue weighted by atomic mass is 10.2. The van der Waals surface area contributed by atoms with Gasteiger partial charge in [-0.2, -0.15) is 0 Å². The topological polar surface area (TPSA) is 49.6 Å². The second kappa shape index (κ2) is 8.97. The molecule has 1 aliphatic rings. The molecule has 0 radical (unpaired) electrons. The van der Waals surface area contributed by atoms with E-state index in [9.17, 15) is 4.79 Å². The maximum absolute atomic E-state index is 11.7. The van der Waals surface area contributed by atoms with Crippen molar-refractivity contribution in [2.75, 3.05) is 26.2 Å². The number of nitrogens with two attached hydrogens (primary N) is 1. The molecule has 0 aromatic rings. The highest BCUT2D eigenvalue weighted by atomic mass is 35.5. The van der Waals surface area contributed by atoms with Crippen LogP contribution in [0.5, 0.6) is 0 Å². The van der Waals surface area contributed by atoms with Crippen LogP contribution in [-0.4, -0.2) is 54.0 Å². The molecule has 1 aliphatic heterocycles. The van der Waals surface area contributed by atoms with Gasteiger partial charge in [0.05, 0.1) is 6.04 Å². The van der Waals surface area contributed by atoms with E-state index in [0.717, 1.165) is 32.6 Å². The average molecular weight is 286 g/mol. The van der Waals surface area contributed by atoms with Crippen molar-refractivity contribution < 1.29 is 4.79 Å². The number of nitrogens with zero attached hydrogens (tertiary/aromatic N) is 2. The Bertz CT molecular complexity index is 223. The van der Waals surface area contributed by atoms with E-state index in [2.05, 4.69) is 18.7 Å². The number of hydrogen-bond donors (Lipinski definition) is 1. The molecule has 0 aliphatic carbocycles. The Hall–Kier alpha value is -0.0300. The fourth-order valence-corrected chi connectivity index (χ4v) is 2.27. The zero-order valence-electron chi connectivity index (χ0n) is 10.9. The van der Waals surface area contributed by atoms with Gasteiger partial charge >= 0.3 is 0 Å². The fourth-order valence-electron chi connectivity index (χ4n) is 2.27. The van der Waals surface area contributed by atoms with Gasteiger partial charge in [0, 0.05) is 19.1 Å². The number of rotatable bonds is 4. The summed E-state index contributed by atoms with van der Waals surface area (Å²) in [6, 6.07) is 0.170. The van der Waals surface area contributed by atoms with Crippen LogP contribution in [0.25, 0.3) is 0 Å². The monoisotopic (exact) mass is 285 g/mol. The summed E-state index contributed by atoms with van der Waals surface area (Å²) in [5, 5.41) is 0. The highest BCUT2D eigenvalue weighted by molar-refractivity contribution is 5.85. The average Bonchev–Trinajstić information content (AvgIpc) is 2.67. The van der Waals surface area contributed by atoms with Gasteiger partial charge in [0.1, 0.15) is 0 Å². The first-order valence-corrected chi connectivity index (χ1v) is 5.88. The Morgan fingerprint density at radius 1 is 1.41 bits per heavy atom. The summed E-state index contributed by atoms with van der Waals surface area (Å²) >= 11 is 0. The number of amides is 1. The van der Waals surface area contributed by atoms with Gasteiger partial charge in [-0.1, -0.05) is 13.8 Å². The van der Waals surface area contributed by atoms with Gasteiger partial charge in [-0.15, -0.1) is 24.8 Å². The van der Waals surface area contributed by atoms with Crippen molar-refractivity contribution in [2.24, 2.45) is 5.73 Å². The lowest BCUT2D eigenvalue weighted by Crippen LogP contribution is -2.43. The zero-order valence-corrected chi connectivity index (χ0v) is 12.5. The van der Waals surface area contributed by atoms with Gasteiger partial charge in [-0.05, 0) is 26.4 Å². The molecule has 104 valence electrons. The van der Waals surface area contributed by atoms with Crippen molar-refractivity contribution >= 4 is 30.7 Å². The first-order valence-electron chi connectivity index (χ1n) is 5.88. The van der Waals surface area contributed by atoms with Gasteiger partial charge in [-0.25, -0.2) is 0 Å². The molecule has 17 heavy (non-hydrogen) atoms. The molecule has 0 saturated carbocycles. The Morgan fingerprint density at radius 3 is 2.35 bits per heavy atom. The van der Waals surface area contributed by atoms with Crippen molar-refractivity contribution in [1.29, 1.82) is 0 Å². The van der Waals surface area contributed by atoms with E-state index < -0.39 is 0 Å². The molecule has 1 rings (SSSR count). The molecule has 1 heterocycles. The Morgan fingerprint density at radius 2 is 1.94 bits per heavy atom. The molecule has 1 unspecified atom stereocenters. The van der Waals surface area contributed by atoms with Gasteiger partial charge in [0.15, 0.2) is 0 Å². The highest BCUT2D eigenvalue weighted by Crippen LogP contribution is 2.15. The summed E-state index contributed by atoms with van der Waals surface area (Å²) in [6.07, 6.45) is 1.08. The molecule has 6 heteroatoms. The van der Waals surface area contributed by atoms with Crippen LogP contribution in [0.15, 0.2) is 0 Å². The van der Waals surface area contributed by atoms with E-state index in [0.29, 0.717) is 6.04 Å². The molecule has 1 saturated heterocycles. The van der Waals surface area contributed by atoms with Crippen LogP contribution in [-0.2, 0) is 4.79 Å². The quantitative estimate of drug-likeness (QED) is 0.842. The second-order valence-corrected chi connectivity index (χ2v) is 4.24. The van der Waals surface area contributed by atoms with Gasteiger partial charge in [0.25, 0.3) is 0 Å². The third kappa shape index (κ3) is 5.00. The van der Waals surface area contributed by atoms with E-state index in [1.54, 1.807) is 6.92 Å². The summed E-state index contributed by atoms with van der Waals surface area (Å²) in [4.78, 5) is 16.0. The molecule has 0 aromatic heterocycles. The molecule has 1 fully saturated rings. The predicted molar refractivity (Wildman–Crippen MR) is 76.1 cm³/mol. The number of hydrogen-bond acceptors (Lipinski definition) is 3. The van der Waals surface area contributed by atoms with Gasteiger partial charge in [0.2, 0.25) is 5.91 Å². The van der Waals surface area contributed by atoms with Crippen molar-refractivity contribution in [2.45, 2.75) is 39.3 Å². The van der Waals surface area contributed by atoms with Crippen LogP contribution < -0.4 is 5.73 Å². The Balaban J connectivity index is 0. The molecular formula is C11H25Cl2N3O.